The molecule has 0 saturated carbocycles. The van der Waals surface area contributed by atoms with Crippen molar-refractivity contribution in [2.75, 3.05) is 13.6 Å². The molecule has 3 rings (SSSR count). The van der Waals surface area contributed by atoms with E-state index in [1.165, 1.54) is 0 Å². The topological polar surface area (TPSA) is 87.7 Å². The van der Waals surface area contributed by atoms with Gasteiger partial charge in [-0.15, -0.1) is 10.2 Å². The van der Waals surface area contributed by atoms with E-state index >= 15 is 0 Å². The minimum Gasteiger partial charge on any atom is -0.340 e. The van der Waals surface area contributed by atoms with Gasteiger partial charge in [-0.3, -0.25) is 4.79 Å². The zero-order valence-corrected chi connectivity index (χ0v) is 13.3. The Labute approximate surface area is 133 Å². The quantitative estimate of drug-likeness (QED) is 0.795. The molecule has 0 radical (unpaired) electrons. The van der Waals surface area contributed by atoms with Gasteiger partial charge in [0.1, 0.15) is 5.69 Å². The van der Waals surface area contributed by atoms with Crippen LogP contribution in [0.2, 0.25) is 0 Å². The first-order valence-electron chi connectivity index (χ1n) is 7.41. The minimum atomic E-state index is -0.116. The predicted molar refractivity (Wildman–Crippen MR) is 86.0 cm³/mol. The van der Waals surface area contributed by atoms with Crippen molar-refractivity contribution in [1.29, 1.82) is 0 Å². The lowest BCUT2D eigenvalue weighted by Crippen LogP contribution is -2.31. The summed E-state index contributed by atoms with van der Waals surface area (Å²) < 4.78 is 0. The third-order valence-corrected chi connectivity index (χ3v) is 3.84. The number of amides is 1. The normalized spacial score (nSPS) is 12.3. The molecular weight excluding hydrogens is 292 g/mol. The Morgan fingerprint density at radius 3 is 2.87 bits per heavy atom. The predicted octanol–water partition coefficient (Wildman–Crippen LogP) is 1.93. The van der Waals surface area contributed by atoms with Crippen molar-refractivity contribution in [1.82, 2.24) is 30.5 Å². The van der Waals surface area contributed by atoms with Crippen LogP contribution in [0.1, 0.15) is 34.7 Å². The van der Waals surface area contributed by atoms with Crippen LogP contribution in [-0.2, 0) is 0 Å². The van der Waals surface area contributed by atoms with Gasteiger partial charge in [-0.1, -0.05) is 30.3 Å². The largest absolute Gasteiger partial charge is 0.340 e. The van der Waals surface area contributed by atoms with E-state index in [1.54, 1.807) is 11.9 Å². The molecule has 0 aliphatic heterocycles. The molecule has 1 amide bonds. The number of tetrazole rings is 1. The summed E-state index contributed by atoms with van der Waals surface area (Å²) in [6.45, 7) is 4.43. The number of nitrogens with zero attached hydrogens (tertiary/aromatic N) is 5. The first kappa shape index (κ1) is 15.1. The van der Waals surface area contributed by atoms with E-state index in [0.717, 1.165) is 16.5 Å². The molecule has 0 aliphatic rings. The second-order valence-electron chi connectivity index (χ2n) is 5.70. The Balaban J connectivity index is 1.82. The van der Waals surface area contributed by atoms with Crippen LogP contribution in [-0.4, -0.2) is 50.0 Å². The number of para-hydroxylation sites is 1. The number of benzene rings is 1. The van der Waals surface area contributed by atoms with Crippen molar-refractivity contribution in [2.24, 2.45) is 0 Å². The Hall–Kier alpha value is -2.83. The summed E-state index contributed by atoms with van der Waals surface area (Å²) in [6, 6.07) is 9.65. The van der Waals surface area contributed by atoms with E-state index in [4.69, 9.17) is 0 Å². The lowest BCUT2D eigenvalue weighted by Gasteiger charge is -2.20. The molecule has 0 fully saturated rings. The number of H-pyrrole nitrogens is 1. The highest BCUT2D eigenvalue weighted by atomic mass is 16.2. The van der Waals surface area contributed by atoms with Crippen molar-refractivity contribution in [3.8, 4) is 0 Å². The summed E-state index contributed by atoms with van der Waals surface area (Å²) in [5.74, 6) is 0.464. The maximum absolute atomic E-state index is 12.6. The molecule has 7 nitrogen and oxygen atoms in total. The summed E-state index contributed by atoms with van der Waals surface area (Å²) in [7, 11) is 1.76. The highest BCUT2D eigenvalue weighted by Gasteiger charge is 2.19. The standard InChI is InChI=1S/C16H18N6O/c1-10-8-14(17-13-7-5-4-6-12(10)13)16(23)22(3)9-11(2)15-18-20-21-19-15/h4-8,11H,9H2,1-3H3,(H,18,19,20,21). The van der Waals surface area contributed by atoms with Gasteiger partial charge in [0.25, 0.3) is 5.91 Å². The highest BCUT2D eigenvalue weighted by Crippen LogP contribution is 2.19. The molecule has 0 saturated heterocycles. The van der Waals surface area contributed by atoms with Crippen LogP contribution in [0.25, 0.3) is 10.9 Å². The smallest absolute Gasteiger partial charge is 0.272 e. The van der Waals surface area contributed by atoms with Crippen molar-refractivity contribution in [3.05, 3.63) is 47.4 Å². The van der Waals surface area contributed by atoms with E-state index in [0.29, 0.717) is 18.1 Å². The van der Waals surface area contributed by atoms with E-state index < -0.39 is 0 Å². The van der Waals surface area contributed by atoms with Crippen LogP contribution < -0.4 is 0 Å². The van der Waals surface area contributed by atoms with Crippen molar-refractivity contribution < 1.29 is 4.79 Å². The average molecular weight is 310 g/mol. The maximum atomic E-state index is 12.6. The number of nitrogens with one attached hydrogen (secondary N) is 1. The number of pyridine rings is 1. The number of hydrogen-bond donors (Lipinski definition) is 1. The first-order valence-corrected chi connectivity index (χ1v) is 7.41. The molecular formula is C16H18N6O. The Morgan fingerprint density at radius 1 is 1.35 bits per heavy atom. The van der Waals surface area contributed by atoms with Crippen LogP contribution >= 0.6 is 0 Å². The fourth-order valence-corrected chi connectivity index (χ4v) is 2.61. The van der Waals surface area contributed by atoms with E-state index in [1.807, 2.05) is 44.2 Å². The molecule has 7 heteroatoms. The van der Waals surface area contributed by atoms with Crippen LogP contribution in [0.4, 0.5) is 0 Å². The Morgan fingerprint density at radius 2 is 2.13 bits per heavy atom. The Kier molecular flexibility index (Phi) is 4.01. The van der Waals surface area contributed by atoms with Crippen molar-refractivity contribution in [2.45, 2.75) is 19.8 Å². The number of carbonyl (C=O) groups is 1. The number of hydrogen-bond acceptors (Lipinski definition) is 5. The second kappa shape index (κ2) is 6.12. The zero-order chi connectivity index (χ0) is 16.4. The monoisotopic (exact) mass is 310 g/mol. The average Bonchev–Trinajstić information content (AvgIpc) is 3.08. The fraction of sp³-hybridized carbons (Fsp3) is 0.312. The summed E-state index contributed by atoms with van der Waals surface area (Å²) in [5, 5.41) is 14.9. The number of fused-ring (bicyclic) bond motifs is 1. The van der Waals surface area contributed by atoms with Gasteiger partial charge in [0.05, 0.1) is 5.52 Å². The molecule has 0 aliphatic carbocycles. The number of rotatable bonds is 4. The van der Waals surface area contributed by atoms with Gasteiger partial charge in [0.2, 0.25) is 0 Å². The third kappa shape index (κ3) is 3.03. The summed E-state index contributed by atoms with van der Waals surface area (Å²) in [5.41, 5.74) is 2.32. The molecule has 1 aromatic carbocycles. The Bertz CT molecular complexity index is 830. The van der Waals surface area contributed by atoms with Crippen molar-refractivity contribution in [3.63, 3.8) is 0 Å². The zero-order valence-electron chi connectivity index (χ0n) is 13.3. The molecule has 2 heterocycles. The van der Waals surface area contributed by atoms with Crippen LogP contribution in [0.5, 0.6) is 0 Å². The molecule has 3 aromatic rings. The van der Waals surface area contributed by atoms with Crippen LogP contribution in [0, 0.1) is 6.92 Å². The lowest BCUT2D eigenvalue weighted by atomic mass is 10.1. The van der Waals surface area contributed by atoms with Gasteiger partial charge in [-0.2, -0.15) is 5.21 Å². The van der Waals surface area contributed by atoms with Gasteiger partial charge in [-0.25, -0.2) is 4.98 Å². The van der Waals surface area contributed by atoms with Gasteiger partial charge in [-0.05, 0) is 24.6 Å². The number of aromatic amines is 1. The number of carbonyl (C=O) groups excluding carboxylic acids is 1. The molecule has 2 aromatic heterocycles. The van der Waals surface area contributed by atoms with E-state index in [9.17, 15) is 4.79 Å². The third-order valence-electron chi connectivity index (χ3n) is 3.84. The van der Waals surface area contributed by atoms with Gasteiger partial charge in [0, 0.05) is 24.9 Å². The van der Waals surface area contributed by atoms with Crippen molar-refractivity contribution >= 4 is 16.8 Å². The first-order chi connectivity index (χ1) is 11.1. The second-order valence-corrected chi connectivity index (χ2v) is 5.70. The summed E-state index contributed by atoms with van der Waals surface area (Å²) in [4.78, 5) is 18.8. The molecule has 1 N–H and O–H groups in total. The van der Waals surface area contributed by atoms with Gasteiger partial charge in [0.15, 0.2) is 5.82 Å². The minimum absolute atomic E-state index is 0.00995. The maximum Gasteiger partial charge on any atom is 0.272 e. The molecule has 118 valence electrons. The molecule has 1 atom stereocenters. The SMILES string of the molecule is Cc1cc(C(=O)N(C)CC(C)c2nn[nH]n2)nc2ccccc12. The number of likely N-dealkylation sites (N-methyl/N-ethyl adjacent to an activating group) is 1. The molecule has 0 bridgehead atoms. The molecule has 0 spiro atoms. The van der Waals surface area contributed by atoms with E-state index in [2.05, 4.69) is 25.6 Å². The highest BCUT2D eigenvalue weighted by molar-refractivity contribution is 5.95. The van der Waals surface area contributed by atoms with Crippen LogP contribution in [0.3, 0.4) is 0 Å². The molecule has 23 heavy (non-hydrogen) atoms. The van der Waals surface area contributed by atoms with Gasteiger partial charge >= 0.3 is 0 Å². The number of aryl methyl sites for hydroxylation is 1. The van der Waals surface area contributed by atoms with Crippen LogP contribution in [0.15, 0.2) is 30.3 Å². The fourth-order valence-electron chi connectivity index (χ4n) is 2.61. The van der Waals surface area contributed by atoms with E-state index in [-0.39, 0.29) is 11.8 Å². The number of aromatic nitrogens is 5. The molecule has 1 unspecified atom stereocenters. The van der Waals surface area contributed by atoms with Gasteiger partial charge < -0.3 is 4.90 Å². The lowest BCUT2D eigenvalue weighted by molar-refractivity contribution is 0.0782. The summed E-state index contributed by atoms with van der Waals surface area (Å²) >= 11 is 0. The summed E-state index contributed by atoms with van der Waals surface area (Å²) in [6.07, 6.45) is 0.